The van der Waals surface area contributed by atoms with Crippen LogP contribution < -0.4 is 0 Å². The van der Waals surface area contributed by atoms with Crippen molar-refractivity contribution < 1.29 is 39.8 Å². The van der Waals surface area contributed by atoms with Crippen LogP contribution in [0.4, 0.5) is 0 Å². The molecular formula is C23H44O8. The maximum absolute atomic E-state index is 11.2. The Balaban J connectivity index is 2.37. The van der Waals surface area contributed by atoms with Crippen LogP contribution in [0.1, 0.15) is 97.3 Å². The lowest BCUT2D eigenvalue weighted by Gasteiger charge is -2.46. The fourth-order valence-corrected chi connectivity index (χ4v) is 3.99. The lowest BCUT2D eigenvalue weighted by Crippen LogP contribution is -2.65. The molecule has 1 rings (SSSR count). The van der Waals surface area contributed by atoms with E-state index >= 15 is 0 Å². The van der Waals surface area contributed by atoms with Gasteiger partial charge in [-0.05, 0) is 13.3 Å². The second-order valence-corrected chi connectivity index (χ2v) is 9.06. The van der Waals surface area contributed by atoms with Crippen LogP contribution in [-0.2, 0) is 14.3 Å². The Kier molecular flexibility index (Phi) is 13.8. The standard InChI is InChI=1S/C23H44O8/c1-3-4-5-6-7-8-9-10-11-12-13-14-17(15-18(25)26)30-22-20(28)19(27)21(29)23(2,16-24)31-22/h17,19-22,24,27-29H,3-16H2,1-2H3,(H,25,26)/t17?,19-,20-,21+,22?,23-/m1/s1. The van der Waals surface area contributed by atoms with Crippen LogP contribution in [-0.4, -0.2) is 74.4 Å². The van der Waals surface area contributed by atoms with Gasteiger partial charge in [-0.25, -0.2) is 0 Å². The van der Waals surface area contributed by atoms with Gasteiger partial charge in [0.05, 0.1) is 19.1 Å². The largest absolute Gasteiger partial charge is 0.481 e. The third-order valence-corrected chi connectivity index (χ3v) is 6.14. The molecular weight excluding hydrogens is 404 g/mol. The Bertz CT molecular complexity index is 488. The summed E-state index contributed by atoms with van der Waals surface area (Å²) < 4.78 is 11.2. The van der Waals surface area contributed by atoms with Gasteiger partial charge in [-0.3, -0.25) is 4.79 Å². The molecule has 1 aliphatic rings. The average Bonchev–Trinajstić information content (AvgIpc) is 2.73. The van der Waals surface area contributed by atoms with Crippen molar-refractivity contribution >= 4 is 5.97 Å². The van der Waals surface area contributed by atoms with E-state index < -0.39 is 48.9 Å². The highest BCUT2D eigenvalue weighted by molar-refractivity contribution is 5.67. The van der Waals surface area contributed by atoms with Gasteiger partial charge in [0.25, 0.3) is 0 Å². The zero-order valence-electron chi connectivity index (χ0n) is 19.2. The van der Waals surface area contributed by atoms with E-state index in [1.807, 2.05) is 0 Å². The third-order valence-electron chi connectivity index (χ3n) is 6.14. The second kappa shape index (κ2) is 15.1. The molecule has 0 saturated carbocycles. The summed E-state index contributed by atoms with van der Waals surface area (Å²) in [5.74, 6) is -1.02. The van der Waals surface area contributed by atoms with E-state index in [0.29, 0.717) is 6.42 Å². The Hall–Kier alpha value is -0.770. The van der Waals surface area contributed by atoms with E-state index in [1.165, 1.54) is 58.3 Å². The number of aliphatic hydroxyl groups is 4. The number of carboxylic acid groups (broad SMARTS) is 1. The Morgan fingerprint density at radius 1 is 0.935 bits per heavy atom. The summed E-state index contributed by atoms with van der Waals surface area (Å²) in [6.45, 7) is 3.04. The normalized spacial score (nSPS) is 29.7. The quantitative estimate of drug-likeness (QED) is 0.214. The van der Waals surface area contributed by atoms with Gasteiger partial charge in [0.2, 0.25) is 0 Å². The van der Waals surface area contributed by atoms with Gasteiger partial charge in [0.1, 0.15) is 23.9 Å². The zero-order valence-corrected chi connectivity index (χ0v) is 19.2. The minimum atomic E-state index is -1.57. The molecule has 31 heavy (non-hydrogen) atoms. The lowest BCUT2D eigenvalue weighted by molar-refractivity contribution is -0.342. The fourth-order valence-electron chi connectivity index (χ4n) is 3.99. The van der Waals surface area contributed by atoms with Gasteiger partial charge >= 0.3 is 5.97 Å². The van der Waals surface area contributed by atoms with Crippen molar-refractivity contribution in [2.75, 3.05) is 6.61 Å². The van der Waals surface area contributed by atoms with Gasteiger partial charge in [0.15, 0.2) is 6.29 Å². The molecule has 1 heterocycles. The van der Waals surface area contributed by atoms with E-state index in [1.54, 1.807) is 0 Å². The summed E-state index contributed by atoms with van der Waals surface area (Å²) in [5, 5.41) is 49.0. The van der Waals surface area contributed by atoms with Crippen molar-refractivity contribution in [1.82, 2.24) is 0 Å². The third kappa shape index (κ3) is 10.1. The number of rotatable bonds is 17. The summed E-state index contributed by atoms with van der Waals surface area (Å²) in [6.07, 6.45) is 6.67. The first-order valence-corrected chi connectivity index (χ1v) is 11.9. The van der Waals surface area contributed by atoms with Gasteiger partial charge in [-0.2, -0.15) is 0 Å². The molecule has 1 fully saturated rings. The van der Waals surface area contributed by atoms with Crippen molar-refractivity contribution in [3.05, 3.63) is 0 Å². The summed E-state index contributed by atoms with van der Waals surface area (Å²) >= 11 is 0. The molecule has 0 bridgehead atoms. The first kappa shape index (κ1) is 28.3. The maximum Gasteiger partial charge on any atom is 0.305 e. The molecule has 0 aromatic heterocycles. The highest BCUT2D eigenvalue weighted by Crippen LogP contribution is 2.31. The molecule has 0 radical (unpaired) electrons. The minimum absolute atomic E-state index is 0.251. The van der Waals surface area contributed by atoms with Crippen molar-refractivity contribution in [3.63, 3.8) is 0 Å². The van der Waals surface area contributed by atoms with E-state index in [4.69, 9.17) is 9.47 Å². The average molecular weight is 449 g/mol. The highest BCUT2D eigenvalue weighted by Gasteiger charge is 2.51. The number of carbonyl (C=O) groups is 1. The number of aliphatic carboxylic acids is 1. The summed E-state index contributed by atoms with van der Waals surface area (Å²) in [7, 11) is 0. The van der Waals surface area contributed by atoms with E-state index in [0.717, 1.165) is 19.3 Å². The molecule has 0 aromatic carbocycles. The van der Waals surface area contributed by atoms with Crippen molar-refractivity contribution in [3.8, 4) is 0 Å². The van der Waals surface area contributed by atoms with Gasteiger partial charge in [0, 0.05) is 0 Å². The molecule has 8 heteroatoms. The van der Waals surface area contributed by atoms with E-state index in [2.05, 4.69) is 6.92 Å². The van der Waals surface area contributed by atoms with Crippen LogP contribution in [0.3, 0.4) is 0 Å². The molecule has 0 aliphatic carbocycles. The number of hydrogen-bond acceptors (Lipinski definition) is 7. The number of unbranched alkanes of at least 4 members (excludes halogenated alkanes) is 10. The van der Waals surface area contributed by atoms with Crippen LogP contribution in [0.2, 0.25) is 0 Å². The van der Waals surface area contributed by atoms with Crippen LogP contribution in [0.25, 0.3) is 0 Å². The van der Waals surface area contributed by atoms with Crippen molar-refractivity contribution in [1.29, 1.82) is 0 Å². The predicted octanol–water partition coefficient (Wildman–Crippen LogP) is 2.74. The number of ether oxygens (including phenoxy) is 2. The second-order valence-electron chi connectivity index (χ2n) is 9.06. The molecule has 5 N–H and O–H groups in total. The lowest BCUT2D eigenvalue weighted by atomic mass is 9.89. The van der Waals surface area contributed by atoms with Gasteiger partial charge in [-0.1, -0.05) is 77.6 Å². The monoisotopic (exact) mass is 448 g/mol. The summed E-state index contributed by atoms with van der Waals surface area (Å²) in [4.78, 5) is 11.2. The predicted molar refractivity (Wildman–Crippen MR) is 117 cm³/mol. The van der Waals surface area contributed by atoms with Crippen LogP contribution >= 0.6 is 0 Å². The number of aliphatic hydroxyl groups excluding tert-OH is 4. The molecule has 0 spiro atoms. The highest BCUT2D eigenvalue weighted by atomic mass is 16.7. The van der Waals surface area contributed by atoms with Crippen LogP contribution in [0, 0.1) is 0 Å². The fraction of sp³-hybridized carbons (Fsp3) is 0.957. The molecule has 0 aromatic rings. The molecule has 184 valence electrons. The summed E-state index contributed by atoms with van der Waals surface area (Å²) in [5.41, 5.74) is -1.51. The first-order chi connectivity index (χ1) is 14.7. The van der Waals surface area contributed by atoms with Crippen LogP contribution in [0.5, 0.6) is 0 Å². The molecule has 0 amide bonds. The molecule has 8 nitrogen and oxygen atoms in total. The molecule has 6 atom stereocenters. The summed E-state index contributed by atoms with van der Waals surface area (Å²) in [6, 6.07) is 0. The van der Waals surface area contributed by atoms with Crippen LogP contribution in [0.15, 0.2) is 0 Å². The van der Waals surface area contributed by atoms with E-state index in [9.17, 15) is 30.3 Å². The molecule has 1 aliphatic heterocycles. The first-order valence-electron chi connectivity index (χ1n) is 11.9. The topological polar surface area (TPSA) is 137 Å². The van der Waals surface area contributed by atoms with Crippen molar-refractivity contribution in [2.45, 2.75) is 134 Å². The van der Waals surface area contributed by atoms with Crippen molar-refractivity contribution in [2.24, 2.45) is 0 Å². The Labute approximate surface area is 186 Å². The number of hydrogen-bond donors (Lipinski definition) is 5. The Morgan fingerprint density at radius 3 is 1.94 bits per heavy atom. The SMILES string of the molecule is CCCCCCCCCCCCCC(CC(=O)O)OC1O[C@](C)(CO)[C@@H](O)[C@H](O)[C@H]1O. The van der Waals surface area contributed by atoms with Gasteiger partial charge in [-0.15, -0.1) is 0 Å². The number of carboxylic acids is 1. The molecule has 1 saturated heterocycles. The Morgan fingerprint density at radius 2 is 1.45 bits per heavy atom. The maximum atomic E-state index is 11.2. The van der Waals surface area contributed by atoms with Gasteiger partial charge < -0.3 is 35.0 Å². The zero-order chi connectivity index (χ0) is 23.3. The smallest absolute Gasteiger partial charge is 0.305 e. The molecule has 2 unspecified atom stereocenters. The van der Waals surface area contributed by atoms with E-state index in [-0.39, 0.29) is 6.42 Å². The minimum Gasteiger partial charge on any atom is -0.481 e.